The number of nitrogens with zero attached hydrogens (tertiary/aromatic N) is 1. The predicted octanol–water partition coefficient (Wildman–Crippen LogP) is 4.86. The van der Waals surface area contributed by atoms with Crippen molar-refractivity contribution in [2.24, 2.45) is 0 Å². The van der Waals surface area contributed by atoms with E-state index < -0.39 is 6.04 Å². The number of ketones is 1. The molecule has 1 unspecified atom stereocenters. The molecule has 0 aromatic heterocycles. The highest BCUT2D eigenvalue weighted by Crippen LogP contribution is 2.16. The molecule has 0 radical (unpaired) electrons. The van der Waals surface area contributed by atoms with Gasteiger partial charge in [-0.05, 0) is 37.0 Å². The Morgan fingerprint density at radius 2 is 1.50 bits per heavy atom. The van der Waals surface area contributed by atoms with Crippen LogP contribution in [0.3, 0.4) is 0 Å². The van der Waals surface area contributed by atoms with Gasteiger partial charge in [-0.25, -0.2) is 0 Å². The molecule has 1 atom stereocenters. The van der Waals surface area contributed by atoms with Crippen LogP contribution in [0.1, 0.15) is 53.7 Å². The molecule has 0 spiro atoms. The number of aryl methyl sites for hydroxylation is 1. The van der Waals surface area contributed by atoms with Gasteiger partial charge in [-0.1, -0.05) is 67.9 Å². The molecular weight excluding hydrogens is 322 g/mol. The van der Waals surface area contributed by atoms with Gasteiger partial charge in [-0.2, -0.15) is 0 Å². The van der Waals surface area contributed by atoms with Crippen molar-refractivity contribution < 1.29 is 9.59 Å². The maximum absolute atomic E-state index is 12.6. The zero-order valence-corrected chi connectivity index (χ0v) is 16.2. The van der Waals surface area contributed by atoms with E-state index in [0.717, 1.165) is 11.1 Å². The first kappa shape index (κ1) is 19.6. The van der Waals surface area contributed by atoms with Crippen LogP contribution in [0.2, 0.25) is 0 Å². The van der Waals surface area contributed by atoms with Crippen LogP contribution < -0.4 is 0 Å². The minimum atomic E-state index is -0.516. The van der Waals surface area contributed by atoms with Gasteiger partial charge in [-0.3, -0.25) is 9.59 Å². The van der Waals surface area contributed by atoms with Gasteiger partial charge in [-0.15, -0.1) is 0 Å². The molecule has 2 rings (SSSR count). The third-order valence-electron chi connectivity index (χ3n) is 4.67. The van der Waals surface area contributed by atoms with Crippen LogP contribution in [0, 0.1) is 6.92 Å². The minimum absolute atomic E-state index is 0.0597. The summed E-state index contributed by atoms with van der Waals surface area (Å²) in [5.74, 6) is 0.232. The highest BCUT2D eigenvalue weighted by Gasteiger charge is 2.22. The first-order chi connectivity index (χ1) is 12.3. The SMILES string of the molecule is Cc1ccc(C(=O)C(C)N(C)C(=O)/C=C/c2ccc(C(C)C)cc2)cc1. The van der Waals surface area contributed by atoms with Crippen molar-refractivity contribution in [3.63, 3.8) is 0 Å². The van der Waals surface area contributed by atoms with Crippen molar-refractivity contribution in [3.8, 4) is 0 Å². The summed E-state index contributed by atoms with van der Waals surface area (Å²) in [6, 6.07) is 15.0. The number of hydrogen-bond donors (Lipinski definition) is 0. The molecule has 2 aromatic carbocycles. The van der Waals surface area contributed by atoms with Gasteiger partial charge in [0.1, 0.15) is 0 Å². The number of hydrogen-bond acceptors (Lipinski definition) is 2. The van der Waals surface area contributed by atoms with E-state index >= 15 is 0 Å². The Bertz CT molecular complexity index is 786. The number of benzene rings is 2. The van der Waals surface area contributed by atoms with Crippen molar-refractivity contribution in [1.82, 2.24) is 4.90 Å². The van der Waals surface area contributed by atoms with E-state index in [1.54, 1.807) is 32.2 Å². The first-order valence-electron chi connectivity index (χ1n) is 8.95. The summed E-state index contributed by atoms with van der Waals surface area (Å²) in [5.41, 5.74) is 3.96. The molecule has 1 amide bonds. The van der Waals surface area contributed by atoms with E-state index in [9.17, 15) is 9.59 Å². The third kappa shape index (κ3) is 4.92. The Labute approximate surface area is 156 Å². The Morgan fingerprint density at radius 1 is 0.923 bits per heavy atom. The van der Waals surface area contributed by atoms with Gasteiger partial charge >= 0.3 is 0 Å². The Balaban J connectivity index is 2.03. The summed E-state index contributed by atoms with van der Waals surface area (Å²) < 4.78 is 0. The lowest BCUT2D eigenvalue weighted by Crippen LogP contribution is -2.39. The average molecular weight is 349 g/mol. The number of amides is 1. The average Bonchev–Trinajstić information content (AvgIpc) is 2.65. The molecule has 0 saturated carbocycles. The Morgan fingerprint density at radius 3 is 2.04 bits per heavy atom. The lowest BCUT2D eigenvalue weighted by atomic mass is 10.0. The fraction of sp³-hybridized carbons (Fsp3) is 0.304. The van der Waals surface area contributed by atoms with Crippen LogP contribution in [0.5, 0.6) is 0 Å². The molecule has 2 aromatic rings. The molecule has 136 valence electrons. The first-order valence-corrected chi connectivity index (χ1v) is 8.95. The number of carbonyl (C=O) groups excluding carboxylic acids is 2. The van der Waals surface area contributed by atoms with Crippen LogP contribution >= 0.6 is 0 Å². The van der Waals surface area contributed by atoms with Crippen LogP contribution in [0.4, 0.5) is 0 Å². The normalized spacial score (nSPS) is 12.4. The quantitative estimate of drug-likeness (QED) is 0.551. The summed E-state index contributed by atoms with van der Waals surface area (Å²) in [6.45, 7) is 8.03. The van der Waals surface area contributed by atoms with Gasteiger partial charge in [0.25, 0.3) is 0 Å². The van der Waals surface area contributed by atoms with Crippen molar-refractivity contribution in [2.45, 2.75) is 39.7 Å². The van der Waals surface area contributed by atoms with Gasteiger partial charge in [0.15, 0.2) is 5.78 Å². The largest absolute Gasteiger partial charge is 0.332 e. The van der Waals surface area contributed by atoms with E-state index in [1.165, 1.54) is 16.5 Å². The van der Waals surface area contributed by atoms with E-state index in [4.69, 9.17) is 0 Å². The molecule has 3 heteroatoms. The molecule has 0 fully saturated rings. The van der Waals surface area contributed by atoms with E-state index in [2.05, 4.69) is 26.0 Å². The molecule has 26 heavy (non-hydrogen) atoms. The Kier molecular flexibility index (Phi) is 6.51. The molecule has 0 bridgehead atoms. The number of Topliss-reactive ketones (excluding diaryl/α,β-unsaturated/α-hetero) is 1. The maximum atomic E-state index is 12.6. The standard InChI is InChI=1S/C23H27NO2/c1-16(2)20-13-8-19(9-14-20)10-15-22(25)24(5)18(4)23(26)21-11-6-17(3)7-12-21/h6-16,18H,1-5H3/b15-10+. The third-order valence-corrected chi connectivity index (χ3v) is 4.67. The summed E-state index contributed by atoms with van der Waals surface area (Å²) in [5, 5.41) is 0. The predicted molar refractivity (Wildman–Crippen MR) is 107 cm³/mol. The summed E-state index contributed by atoms with van der Waals surface area (Å²) >= 11 is 0. The second-order valence-electron chi connectivity index (χ2n) is 7.01. The van der Waals surface area contributed by atoms with Crippen molar-refractivity contribution in [1.29, 1.82) is 0 Å². The van der Waals surface area contributed by atoms with Gasteiger partial charge in [0, 0.05) is 18.7 Å². The zero-order chi connectivity index (χ0) is 19.3. The van der Waals surface area contributed by atoms with Crippen molar-refractivity contribution in [3.05, 3.63) is 76.9 Å². The molecule has 0 N–H and O–H groups in total. The number of likely N-dealkylation sites (N-methyl/N-ethyl adjacent to an activating group) is 1. The van der Waals surface area contributed by atoms with Gasteiger partial charge in [0.05, 0.1) is 6.04 Å². The molecule has 0 saturated heterocycles. The second kappa shape index (κ2) is 8.61. The van der Waals surface area contributed by atoms with E-state index in [1.807, 2.05) is 31.2 Å². The smallest absolute Gasteiger partial charge is 0.246 e. The zero-order valence-electron chi connectivity index (χ0n) is 16.2. The second-order valence-corrected chi connectivity index (χ2v) is 7.01. The van der Waals surface area contributed by atoms with Crippen molar-refractivity contribution in [2.75, 3.05) is 7.05 Å². The molecular formula is C23H27NO2. The molecule has 0 aliphatic heterocycles. The highest BCUT2D eigenvalue weighted by atomic mass is 16.2. The Hall–Kier alpha value is -2.68. The summed E-state index contributed by atoms with van der Waals surface area (Å²) in [6.07, 6.45) is 3.30. The lowest BCUT2D eigenvalue weighted by Gasteiger charge is -2.22. The molecule has 0 aliphatic carbocycles. The van der Waals surface area contributed by atoms with Crippen molar-refractivity contribution >= 4 is 17.8 Å². The number of carbonyl (C=O) groups is 2. The van der Waals surface area contributed by atoms with Gasteiger partial charge in [0.2, 0.25) is 5.91 Å². The molecule has 3 nitrogen and oxygen atoms in total. The number of rotatable bonds is 6. The fourth-order valence-electron chi connectivity index (χ4n) is 2.60. The molecule has 0 aliphatic rings. The van der Waals surface area contributed by atoms with E-state index in [0.29, 0.717) is 11.5 Å². The topological polar surface area (TPSA) is 37.4 Å². The maximum Gasteiger partial charge on any atom is 0.246 e. The fourth-order valence-corrected chi connectivity index (χ4v) is 2.60. The van der Waals surface area contributed by atoms with Gasteiger partial charge < -0.3 is 4.90 Å². The van der Waals surface area contributed by atoms with Crippen LogP contribution in [-0.4, -0.2) is 29.7 Å². The minimum Gasteiger partial charge on any atom is -0.332 e. The monoisotopic (exact) mass is 349 g/mol. The highest BCUT2D eigenvalue weighted by molar-refractivity contribution is 6.03. The van der Waals surface area contributed by atoms with Crippen LogP contribution in [-0.2, 0) is 4.79 Å². The van der Waals surface area contributed by atoms with Crippen LogP contribution in [0.15, 0.2) is 54.6 Å². The molecule has 0 heterocycles. The lowest BCUT2D eigenvalue weighted by molar-refractivity contribution is -0.125. The van der Waals surface area contributed by atoms with E-state index in [-0.39, 0.29) is 11.7 Å². The summed E-state index contributed by atoms with van der Waals surface area (Å²) in [7, 11) is 1.66. The summed E-state index contributed by atoms with van der Waals surface area (Å²) in [4.78, 5) is 26.4. The van der Waals surface area contributed by atoms with Crippen LogP contribution in [0.25, 0.3) is 6.08 Å².